The summed E-state index contributed by atoms with van der Waals surface area (Å²) in [5.74, 6) is 0. The van der Waals surface area contributed by atoms with Gasteiger partial charge >= 0.3 is 12.2 Å². The van der Waals surface area contributed by atoms with E-state index in [1.807, 2.05) is 6.92 Å². The Morgan fingerprint density at radius 3 is 2.47 bits per heavy atom. The molecule has 108 valence electrons. The van der Waals surface area contributed by atoms with Crippen LogP contribution in [0.1, 0.15) is 47.0 Å². The van der Waals surface area contributed by atoms with Crippen molar-refractivity contribution in [2.24, 2.45) is 0 Å². The van der Waals surface area contributed by atoms with Crippen molar-refractivity contribution >= 4 is 12.2 Å². The monoisotopic (exact) mass is 270 g/mol. The number of imide groups is 1. The van der Waals surface area contributed by atoms with Crippen LogP contribution in [0.15, 0.2) is 12.7 Å². The van der Waals surface area contributed by atoms with Gasteiger partial charge in [0.15, 0.2) is 0 Å². The molecule has 19 heavy (non-hydrogen) atoms. The molecule has 1 unspecified atom stereocenters. The van der Waals surface area contributed by atoms with Gasteiger partial charge in [-0.2, -0.15) is 9.59 Å². The van der Waals surface area contributed by atoms with E-state index in [4.69, 9.17) is 4.74 Å². The number of amides is 2. The summed E-state index contributed by atoms with van der Waals surface area (Å²) >= 11 is 0. The van der Waals surface area contributed by atoms with Crippen LogP contribution < -0.4 is 0 Å². The van der Waals surface area contributed by atoms with Gasteiger partial charge in [-0.1, -0.05) is 6.08 Å². The number of hydrogen-bond donors (Lipinski definition) is 1. The number of quaternary nitrogens is 1. The van der Waals surface area contributed by atoms with E-state index in [9.17, 15) is 14.7 Å². The fourth-order valence-electron chi connectivity index (χ4n) is 2.78. The highest BCUT2D eigenvalue weighted by Crippen LogP contribution is 2.41. The van der Waals surface area contributed by atoms with Crippen molar-refractivity contribution in [3.63, 3.8) is 0 Å². The second-order valence-corrected chi connectivity index (χ2v) is 6.39. The largest absolute Gasteiger partial charge is 0.527 e. The summed E-state index contributed by atoms with van der Waals surface area (Å²) in [6.45, 7) is 11.0. The third-order valence-corrected chi connectivity index (χ3v) is 3.75. The second kappa shape index (κ2) is 4.96. The number of nitrogens with zero attached hydrogens (tertiary/aromatic N) is 1. The predicted octanol–water partition coefficient (Wildman–Crippen LogP) is 3.54. The van der Waals surface area contributed by atoms with Gasteiger partial charge in [0.05, 0.1) is 0 Å². The molecule has 0 aromatic rings. The zero-order valence-corrected chi connectivity index (χ0v) is 12.2. The highest BCUT2D eigenvalue weighted by atomic mass is 16.6. The molecule has 0 radical (unpaired) electrons. The Kier molecular flexibility index (Phi) is 4.10. The minimum absolute atomic E-state index is 0.272. The van der Waals surface area contributed by atoms with Gasteiger partial charge in [-0.05, 0) is 27.7 Å². The lowest BCUT2D eigenvalue weighted by molar-refractivity contribution is -0.825. The maximum absolute atomic E-state index is 12.4. The van der Waals surface area contributed by atoms with Gasteiger partial charge in [-0.3, -0.25) is 0 Å². The number of carboxylic acid groups (broad SMARTS) is 1. The molecule has 2 atom stereocenters. The van der Waals surface area contributed by atoms with Crippen molar-refractivity contribution in [1.29, 1.82) is 0 Å². The maximum Gasteiger partial charge on any atom is 0.527 e. The summed E-state index contributed by atoms with van der Waals surface area (Å²) in [4.78, 5) is 24.2. The average Bonchev–Trinajstić information content (AvgIpc) is 2.54. The Morgan fingerprint density at radius 1 is 1.47 bits per heavy atom. The third kappa shape index (κ3) is 2.66. The summed E-state index contributed by atoms with van der Waals surface area (Å²) in [7, 11) is 0. The number of ether oxygens (including phenoxy) is 1. The van der Waals surface area contributed by atoms with Crippen LogP contribution in [-0.4, -0.2) is 39.5 Å². The third-order valence-electron chi connectivity index (χ3n) is 3.75. The first-order valence-corrected chi connectivity index (χ1v) is 6.55. The summed E-state index contributed by atoms with van der Waals surface area (Å²) in [5.41, 5.74) is -1.38. The Bertz CT molecular complexity index is 399. The van der Waals surface area contributed by atoms with Gasteiger partial charge < -0.3 is 9.84 Å². The van der Waals surface area contributed by atoms with E-state index in [0.717, 1.165) is 0 Å². The van der Waals surface area contributed by atoms with Crippen LogP contribution in [0, 0.1) is 0 Å². The lowest BCUT2D eigenvalue weighted by Crippen LogP contribution is -2.66. The summed E-state index contributed by atoms with van der Waals surface area (Å²) in [6, 6.07) is 0. The minimum Gasteiger partial charge on any atom is -0.435 e. The normalized spacial score (nSPS) is 30.9. The van der Waals surface area contributed by atoms with Crippen molar-refractivity contribution in [2.45, 2.75) is 58.1 Å². The Labute approximate surface area is 114 Å². The van der Waals surface area contributed by atoms with Crippen LogP contribution in [-0.2, 0) is 4.74 Å². The molecular weight excluding hydrogens is 246 g/mol. The number of likely N-dealkylation sites (tertiary alicyclic amines) is 1. The smallest absolute Gasteiger partial charge is 0.435 e. The van der Waals surface area contributed by atoms with Gasteiger partial charge in [0.1, 0.15) is 17.7 Å². The average molecular weight is 270 g/mol. The first-order valence-electron chi connectivity index (χ1n) is 6.55. The van der Waals surface area contributed by atoms with Gasteiger partial charge in [0, 0.05) is 19.3 Å². The van der Waals surface area contributed by atoms with E-state index >= 15 is 0 Å². The van der Waals surface area contributed by atoms with Crippen LogP contribution in [0.3, 0.4) is 0 Å². The molecular formula is C14H24NO4+. The van der Waals surface area contributed by atoms with Crippen LogP contribution in [0.5, 0.6) is 0 Å². The molecule has 1 rings (SSSR count). The molecule has 1 aliphatic rings. The zero-order chi connectivity index (χ0) is 14.9. The van der Waals surface area contributed by atoms with Crippen molar-refractivity contribution in [2.75, 3.05) is 6.54 Å². The van der Waals surface area contributed by atoms with E-state index in [1.165, 1.54) is 0 Å². The van der Waals surface area contributed by atoms with Crippen LogP contribution >= 0.6 is 0 Å². The minimum atomic E-state index is -1.14. The number of carbonyl (C=O) groups is 2. The van der Waals surface area contributed by atoms with E-state index in [1.54, 1.807) is 26.8 Å². The fourth-order valence-corrected chi connectivity index (χ4v) is 2.78. The Balaban J connectivity index is 3.21. The summed E-state index contributed by atoms with van der Waals surface area (Å²) in [6.07, 6.45) is 1.68. The number of carbonyl (C=O) groups excluding carboxylic acids is 1. The Morgan fingerprint density at radius 2 is 2.05 bits per heavy atom. The molecule has 1 heterocycles. The first-order chi connectivity index (χ1) is 8.59. The van der Waals surface area contributed by atoms with Gasteiger partial charge in [0.2, 0.25) is 0 Å². The SMILES string of the molecule is C=CC[C@@]1(C)CCC[N+]1(C(=O)O)C(=O)OC(C)(C)C. The molecule has 0 bridgehead atoms. The Hall–Kier alpha value is -1.36. The summed E-state index contributed by atoms with van der Waals surface area (Å²) < 4.78 is 4.69. The molecule has 5 heteroatoms. The molecule has 0 saturated carbocycles. The van der Waals surface area contributed by atoms with Gasteiger partial charge in [-0.25, -0.2) is 0 Å². The summed E-state index contributed by atoms with van der Waals surface area (Å²) in [5, 5.41) is 9.63. The molecule has 0 aliphatic carbocycles. The van der Waals surface area contributed by atoms with E-state index in [0.29, 0.717) is 19.3 Å². The van der Waals surface area contributed by atoms with Crippen LogP contribution in [0.2, 0.25) is 0 Å². The lowest BCUT2D eigenvalue weighted by atomic mass is 9.93. The molecule has 5 nitrogen and oxygen atoms in total. The molecule has 2 amide bonds. The predicted molar refractivity (Wildman–Crippen MR) is 71.8 cm³/mol. The maximum atomic E-state index is 12.4. The zero-order valence-electron chi connectivity index (χ0n) is 12.2. The standard InChI is InChI=1S/C14H23NO4/c1-6-8-14(5)9-7-10-15(14,11(16)17)12(18)19-13(2,3)4/h6H,1,7-10H2,2-5H3/p+1/t14-,15?/m0/s1. The molecule has 1 fully saturated rings. The van der Waals surface area contributed by atoms with E-state index in [2.05, 4.69) is 6.58 Å². The highest BCUT2D eigenvalue weighted by molar-refractivity contribution is 5.76. The van der Waals surface area contributed by atoms with E-state index < -0.39 is 27.8 Å². The highest BCUT2D eigenvalue weighted by Gasteiger charge is 2.63. The van der Waals surface area contributed by atoms with Crippen LogP contribution in [0.25, 0.3) is 0 Å². The first kappa shape index (κ1) is 15.7. The van der Waals surface area contributed by atoms with Crippen LogP contribution in [0.4, 0.5) is 9.59 Å². The molecule has 1 aliphatic heterocycles. The van der Waals surface area contributed by atoms with E-state index in [-0.39, 0.29) is 6.54 Å². The molecule has 1 saturated heterocycles. The quantitative estimate of drug-likeness (QED) is 0.615. The number of hydrogen-bond acceptors (Lipinski definition) is 3. The van der Waals surface area contributed by atoms with Crippen molar-refractivity contribution in [1.82, 2.24) is 0 Å². The molecule has 1 N–H and O–H groups in total. The van der Waals surface area contributed by atoms with Crippen molar-refractivity contribution < 1.29 is 23.9 Å². The topological polar surface area (TPSA) is 63.6 Å². The second-order valence-electron chi connectivity index (χ2n) is 6.39. The number of rotatable bonds is 2. The van der Waals surface area contributed by atoms with Crippen molar-refractivity contribution in [3.05, 3.63) is 12.7 Å². The fraction of sp³-hybridized carbons (Fsp3) is 0.714. The van der Waals surface area contributed by atoms with Crippen molar-refractivity contribution in [3.8, 4) is 0 Å². The van der Waals surface area contributed by atoms with Gasteiger partial charge in [-0.15, -0.1) is 11.1 Å². The molecule has 0 aromatic carbocycles. The molecule has 0 spiro atoms. The lowest BCUT2D eigenvalue weighted by Gasteiger charge is -2.39. The molecule has 0 aromatic heterocycles. The van der Waals surface area contributed by atoms with Gasteiger partial charge in [0.25, 0.3) is 0 Å².